The lowest BCUT2D eigenvalue weighted by Gasteiger charge is -2.08. The van der Waals surface area contributed by atoms with Gasteiger partial charge < -0.3 is 11.5 Å². The Kier molecular flexibility index (Phi) is 3.09. The quantitative estimate of drug-likeness (QED) is 0.530. The third-order valence-corrected chi connectivity index (χ3v) is 2.39. The molecule has 0 aliphatic rings. The summed E-state index contributed by atoms with van der Waals surface area (Å²) in [6, 6.07) is 3.86. The van der Waals surface area contributed by atoms with E-state index in [9.17, 15) is 4.79 Å². The van der Waals surface area contributed by atoms with E-state index in [1.54, 1.807) is 0 Å². The van der Waals surface area contributed by atoms with Crippen molar-refractivity contribution in [1.29, 1.82) is 0 Å². The van der Waals surface area contributed by atoms with Crippen molar-refractivity contribution < 1.29 is 4.79 Å². The molecule has 0 saturated heterocycles. The second kappa shape index (κ2) is 4.13. The van der Waals surface area contributed by atoms with Gasteiger partial charge in [-0.2, -0.15) is 4.99 Å². The molecule has 0 atom stereocenters. The van der Waals surface area contributed by atoms with Crippen molar-refractivity contribution in [1.82, 2.24) is 0 Å². The zero-order chi connectivity index (χ0) is 11.6. The molecule has 80 valence electrons. The van der Waals surface area contributed by atoms with Crippen LogP contribution in [0.1, 0.15) is 27.0 Å². The first-order valence-electron chi connectivity index (χ1n) is 4.64. The van der Waals surface area contributed by atoms with Crippen LogP contribution >= 0.6 is 0 Å². The van der Waals surface area contributed by atoms with Gasteiger partial charge in [0.1, 0.15) is 0 Å². The molecule has 0 fully saturated rings. The van der Waals surface area contributed by atoms with Crippen LogP contribution in [0.15, 0.2) is 17.1 Å². The van der Waals surface area contributed by atoms with Crippen LogP contribution < -0.4 is 11.5 Å². The smallest absolute Gasteiger partial charge is 0.280 e. The van der Waals surface area contributed by atoms with Gasteiger partial charge in [-0.1, -0.05) is 12.1 Å². The molecule has 0 spiro atoms. The fourth-order valence-corrected chi connectivity index (χ4v) is 1.45. The summed E-state index contributed by atoms with van der Waals surface area (Å²) in [5.41, 5.74) is 13.8. The summed E-state index contributed by atoms with van der Waals surface area (Å²) in [7, 11) is 0. The maximum Gasteiger partial charge on any atom is 0.280 e. The van der Waals surface area contributed by atoms with E-state index in [4.69, 9.17) is 11.5 Å². The average molecular weight is 205 g/mol. The lowest BCUT2D eigenvalue weighted by Crippen LogP contribution is -2.24. The molecule has 4 N–H and O–H groups in total. The Morgan fingerprint density at radius 3 is 2.20 bits per heavy atom. The van der Waals surface area contributed by atoms with Crippen molar-refractivity contribution in [3.63, 3.8) is 0 Å². The van der Waals surface area contributed by atoms with E-state index in [1.165, 1.54) is 0 Å². The van der Waals surface area contributed by atoms with Gasteiger partial charge in [0.15, 0.2) is 5.96 Å². The number of guanidine groups is 1. The van der Waals surface area contributed by atoms with Crippen molar-refractivity contribution in [2.75, 3.05) is 0 Å². The first kappa shape index (κ1) is 11.2. The van der Waals surface area contributed by atoms with E-state index in [-0.39, 0.29) is 11.9 Å². The molecule has 1 amide bonds. The maximum absolute atomic E-state index is 11.7. The van der Waals surface area contributed by atoms with Gasteiger partial charge in [-0.3, -0.25) is 4.79 Å². The van der Waals surface area contributed by atoms with Crippen LogP contribution in [0.4, 0.5) is 0 Å². The topological polar surface area (TPSA) is 81.5 Å². The van der Waals surface area contributed by atoms with E-state index in [0.29, 0.717) is 5.56 Å². The Morgan fingerprint density at radius 2 is 1.67 bits per heavy atom. The monoisotopic (exact) mass is 205 g/mol. The fourth-order valence-electron chi connectivity index (χ4n) is 1.45. The molecular formula is C11H15N3O. The average Bonchev–Trinajstić information content (AvgIpc) is 2.11. The van der Waals surface area contributed by atoms with E-state index in [1.807, 2.05) is 32.9 Å². The summed E-state index contributed by atoms with van der Waals surface area (Å²) in [6.45, 7) is 5.70. The van der Waals surface area contributed by atoms with E-state index >= 15 is 0 Å². The van der Waals surface area contributed by atoms with E-state index < -0.39 is 0 Å². The molecule has 4 nitrogen and oxygen atoms in total. The molecule has 0 aliphatic carbocycles. The highest BCUT2D eigenvalue weighted by Crippen LogP contribution is 2.18. The van der Waals surface area contributed by atoms with Crippen molar-refractivity contribution >= 4 is 11.9 Å². The Balaban J connectivity index is 3.31. The highest BCUT2D eigenvalue weighted by Gasteiger charge is 2.12. The number of nitrogens with two attached hydrogens (primary N) is 2. The molecule has 0 radical (unpaired) electrons. The van der Waals surface area contributed by atoms with Gasteiger partial charge in [-0.25, -0.2) is 0 Å². The van der Waals surface area contributed by atoms with Crippen LogP contribution in [0.25, 0.3) is 0 Å². The number of aryl methyl sites for hydroxylation is 2. The number of carbonyl (C=O) groups is 1. The fraction of sp³-hybridized carbons (Fsp3) is 0.273. The lowest BCUT2D eigenvalue weighted by atomic mass is 9.98. The zero-order valence-corrected chi connectivity index (χ0v) is 9.16. The molecule has 1 aromatic rings. The highest BCUT2D eigenvalue weighted by molar-refractivity contribution is 6.03. The molecular weight excluding hydrogens is 190 g/mol. The van der Waals surface area contributed by atoms with Gasteiger partial charge in [0.25, 0.3) is 5.91 Å². The number of nitrogens with zero attached hydrogens (tertiary/aromatic N) is 1. The zero-order valence-electron chi connectivity index (χ0n) is 9.16. The van der Waals surface area contributed by atoms with Crippen molar-refractivity contribution in [2.24, 2.45) is 16.5 Å². The summed E-state index contributed by atoms with van der Waals surface area (Å²) in [4.78, 5) is 15.2. The summed E-state index contributed by atoms with van der Waals surface area (Å²) in [5, 5.41) is 0. The number of rotatable bonds is 1. The SMILES string of the molecule is Cc1ccc(C)c(C(=O)N=C(N)N)c1C. The number of amides is 1. The van der Waals surface area contributed by atoms with Gasteiger partial charge in [0, 0.05) is 5.56 Å². The standard InChI is InChI=1S/C11H15N3O/c1-6-4-5-7(2)9(8(6)3)10(15)14-11(12)13/h4-5H,1-3H3,(H4,12,13,14,15). The van der Waals surface area contributed by atoms with Gasteiger partial charge in [0.05, 0.1) is 0 Å². The summed E-state index contributed by atoms with van der Waals surface area (Å²) in [5.74, 6) is -0.589. The number of benzene rings is 1. The van der Waals surface area contributed by atoms with E-state index in [2.05, 4.69) is 4.99 Å². The van der Waals surface area contributed by atoms with Crippen molar-refractivity contribution in [3.8, 4) is 0 Å². The third-order valence-electron chi connectivity index (χ3n) is 2.39. The van der Waals surface area contributed by atoms with Crippen LogP contribution in [-0.4, -0.2) is 11.9 Å². The minimum Gasteiger partial charge on any atom is -0.370 e. The van der Waals surface area contributed by atoms with Crippen LogP contribution in [0.2, 0.25) is 0 Å². The second-order valence-corrected chi connectivity index (χ2v) is 3.54. The minimum absolute atomic E-state index is 0.208. The first-order valence-corrected chi connectivity index (χ1v) is 4.64. The summed E-state index contributed by atoms with van der Waals surface area (Å²) in [6.07, 6.45) is 0. The molecule has 0 unspecified atom stereocenters. The van der Waals surface area contributed by atoms with E-state index in [0.717, 1.165) is 16.7 Å². The van der Waals surface area contributed by atoms with Gasteiger partial charge in [-0.05, 0) is 37.5 Å². The molecule has 0 aromatic heterocycles. The summed E-state index contributed by atoms with van der Waals surface area (Å²) < 4.78 is 0. The Bertz CT molecular complexity index is 432. The predicted molar refractivity (Wildman–Crippen MR) is 60.8 cm³/mol. The first-order chi connectivity index (χ1) is 6.93. The molecule has 0 bridgehead atoms. The molecule has 0 saturated carbocycles. The Labute approximate surface area is 89.0 Å². The van der Waals surface area contributed by atoms with Crippen LogP contribution in [0.3, 0.4) is 0 Å². The van der Waals surface area contributed by atoms with Crippen molar-refractivity contribution in [2.45, 2.75) is 20.8 Å². The van der Waals surface area contributed by atoms with Gasteiger partial charge >= 0.3 is 0 Å². The number of hydrogen-bond donors (Lipinski definition) is 2. The third kappa shape index (κ3) is 2.34. The predicted octanol–water partition coefficient (Wildman–Crippen LogP) is 1.03. The largest absolute Gasteiger partial charge is 0.370 e. The van der Waals surface area contributed by atoms with Crippen molar-refractivity contribution in [3.05, 3.63) is 34.4 Å². The number of aliphatic imine (C=N–C) groups is 1. The molecule has 0 aliphatic heterocycles. The lowest BCUT2D eigenvalue weighted by molar-refractivity contribution is 0.100. The molecule has 4 heteroatoms. The van der Waals surface area contributed by atoms with Gasteiger partial charge in [0.2, 0.25) is 0 Å². The summed E-state index contributed by atoms with van der Waals surface area (Å²) >= 11 is 0. The molecule has 1 aromatic carbocycles. The normalized spacial score (nSPS) is 9.80. The highest BCUT2D eigenvalue weighted by atomic mass is 16.1. The second-order valence-electron chi connectivity index (χ2n) is 3.54. The molecule has 1 rings (SSSR count). The maximum atomic E-state index is 11.7. The van der Waals surface area contributed by atoms with Gasteiger partial charge in [-0.15, -0.1) is 0 Å². The van der Waals surface area contributed by atoms with Crippen LogP contribution in [0, 0.1) is 20.8 Å². The Morgan fingerprint density at radius 1 is 1.13 bits per heavy atom. The van der Waals surface area contributed by atoms with Crippen LogP contribution in [0.5, 0.6) is 0 Å². The van der Waals surface area contributed by atoms with Crippen LogP contribution in [-0.2, 0) is 0 Å². The number of carbonyl (C=O) groups excluding carboxylic acids is 1. The number of hydrogen-bond acceptors (Lipinski definition) is 1. The Hall–Kier alpha value is -1.84. The molecule has 15 heavy (non-hydrogen) atoms. The molecule has 0 heterocycles. The minimum atomic E-state index is -0.381.